The van der Waals surface area contributed by atoms with Crippen LogP contribution in [0.1, 0.15) is 0 Å². The van der Waals surface area contributed by atoms with Gasteiger partial charge in [0, 0.05) is 29.8 Å². The van der Waals surface area contributed by atoms with Crippen LogP contribution in [0.5, 0.6) is 11.5 Å². The quantitative estimate of drug-likeness (QED) is 0.423. The van der Waals surface area contributed by atoms with Crippen LogP contribution >= 0.6 is 0 Å². The van der Waals surface area contributed by atoms with E-state index in [2.05, 4.69) is 5.10 Å². The van der Waals surface area contributed by atoms with E-state index in [4.69, 9.17) is 0 Å². The SMILES string of the molecule is O=[N+]([O-])c1ccc2cn(-c3cc(O)ccc3O)nc2c1. The maximum Gasteiger partial charge on any atom is 0.271 e. The number of hydrogen-bond donors (Lipinski definition) is 2. The van der Waals surface area contributed by atoms with Crippen LogP contribution in [0.2, 0.25) is 0 Å². The molecule has 3 rings (SSSR count). The van der Waals surface area contributed by atoms with Gasteiger partial charge in [-0.2, -0.15) is 5.10 Å². The Morgan fingerprint density at radius 2 is 1.95 bits per heavy atom. The number of nitro benzene ring substituents is 1. The van der Waals surface area contributed by atoms with Crippen molar-refractivity contribution in [2.75, 3.05) is 0 Å². The third-order valence-electron chi connectivity index (χ3n) is 2.91. The molecule has 1 aromatic heterocycles. The van der Waals surface area contributed by atoms with E-state index in [1.807, 2.05) is 0 Å². The molecule has 1 heterocycles. The molecule has 0 atom stereocenters. The molecule has 0 amide bonds. The van der Waals surface area contributed by atoms with E-state index in [1.165, 1.54) is 35.0 Å². The summed E-state index contributed by atoms with van der Waals surface area (Å²) >= 11 is 0. The monoisotopic (exact) mass is 271 g/mol. The molecule has 0 fully saturated rings. The fourth-order valence-electron chi connectivity index (χ4n) is 1.94. The zero-order valence-corrected chi connectivity index (χ0v) is 10.1. The number of benzene rings is 2. The third-order valence-corrected chi connectivity index (χ3v) is 2.91. The number of nitro groups is 1. The summed E-state index contributed by atoms with van der Waals surface area (Å²) in [5.74, 6) is -0.0616. The molecule has 2 N–H and O–H groups in total. The summed E-state index contributed by atoms with van der Waals surface area (Å²) in [6, 6.07) is 8.38. The van der Waals surface area contributed by atoms with Crippen molar-refractivity contribution in [2.24, 2.45) is 0 Å². The van der Waals surface area contributed by atoms with Gasteiger partial charge in [-0.25, -0.2) is 4.68 Å². The van der Waals surface area contributed by atoms with Gasteiger partial charge in [0.05, 0.1) is 10.4 Å². The van der Waals surface area contributed by atoms with Crippen molar-refractivity contribution in [1.29, 1.82) is 0 Å². The average molecular weight is 271 g/mol. The molecule has 100 valence electrons. The highest BCUT2D eigenvalue weighted by atomic mass is 16.6. The second-order valence-corrected chi connectivity index (χ2v) is 4.25. The summed E-state index contributed by atoms with van der Waals surface area (Å²) in [4.78, 5) is 10.2. The zero-order valence-electron chi connectivity index (χ0n) is 10.1. The average Bonchev–Trinajstić information content (AvgIpc) is 2.83. The Labute approximate surface area is 112 Å². The largest absolute Gasteiger partial charge is 0.508 e. The molecule has 0 bridgehead atoms. The molecule has 7 nitrogen and oxygen atoms in total. The Morgan fingerprint density at radius 3 is 2.70 bits per heavy atom. The van der Waals surface area contributed by atoms with Crippen molar-refractivity contribution in [3.8, 4) is 17.2 Å². The lowest BCUT2D eigenvalue weighted by atomic mass is 10.2. The van der Waals surface area contributed by atoms with Crippen molar-refractivity contribution in [3.63, 3.8) is 0 Å². The fraction of sp³-hybridized carbons (Fsp3) is 0. The number of phenols is 2. The number of phenolic OH excluding ortho intramolecular Hbond substituents is 2. The molecule has 0 spiro atoms. The van der Waals surface area contributed by atoms with Gasteiger partial charge in [0.2, 0.25) is 0 Å². The van der Waals surface area contributed by atoms with Crippen molar-refractivity contribution in [3.05, 3.63) is 52.7 Å². The third kappa shape index (κ3) is 1.91. The van der Waals surface area contributed by atoms with Gasteiger partial charge >= 0.3 is 0 Å². The molecule has 2 aromatic carbocycles. The lowest BCUT2D eigenvalue weighted by Gasteiger charge is -2.04. The van der Waals surface area contributed by atoms with Crippen LogP contribution in [0.15, 0.2) is 42.6 Å². The molecule has 0 saturated carbocycles. The van der Waals surface area contributed by atoms with Gasteiger partial charge in [0.15, 0.2) is 0 Å². The predicted molar refractivity (Wildman–Crippen MR) is 71.1 cm³/mol. The molecule has 0 aliphatic carbocycles. The van der Waals surface area contributed by atoms with Gasteiger partial charge in [-0.3, -0.25) is 10.1 Å². The number of aromatic hydroxyl groups is 2. The lowest BCUT2D eigenvalue weighted by molar-refractivity contribution is -0.384. The molecule has 0 unspecified atom stereocenters. The Morgan fingerprint density at radius 1 is 1.15 bits per heavy atom. The topological polar surface area (TPSA) is 101 Å². The summed E-state index contributed by atoms with van der Waals surface area (Å²) in [5.41, 5.74) is 0.675. The van der Waals surface area contributed by atoms with Gasteiger partial charge in [-0.15, -0.1) is 0 Å². The molecule has 0 saturated heterocycles. The van der Waals surface area contributed by atoms with Gasteiger partial charge in [-0.05, 0) is 18.2 Å². The number of aromatic nitrogens is 2. The maximum absolute atomic E-state index is 10.7. The second-order valence-electron chi connectivity index (χ2n) is 4.25. The first-order valence-corrected chi connectivity index (χ1v) is 5.71. The van der Waals surface area contributed by atoms with Gasteiger partial charge in [0.1, 0.15) is 17.2 Å². The predicted octanol–water partition coefficient (Wildman–Crippen LogP) is 2.34. The van der Waals surface area contributed by atoms with Gasteiger partial charge < -0.3 is 10.2 Å². The Balaban J connectivity index is 2.17. The highest BCUT2D eigenvalue weighted by Gasteiger charge is 2.11. The van der Waals surface area contributed by atoms with Crippen molar-refractivity contribution >= 4 is 16.6 Å². The minimum atomic E-state index is -0.496. The normalized spacial score (nSPS) is 10.8. The van der Waals surface area contributed by atoms with Crippen LogP contribution in [-0.4, -0.2) is 24.9 Å². The van der Waals surface area contributed by atoms with Gasteiger partial charge in [-0.1, -0.05) is 0 Å². The summed E-state index contributed by atoms with van der Waals surface area (Å²) in [6.45, 7) is 0. The first-order valence-electron chi connectivity index (χ1n) is 5.71. The number of rotatable bonds is 2. The van der Waals surface area contributed by atoms with E-state index in [-0.39, 0.29) is 17.2 Å². The maximum atomic E-state index is 10.7. The smallest absolute Gasteiger partial charge is 0.271 e. The van der Waals surface area contributed by atoms with E-state index in [1.54, 1.807) is 12.3 Å². The highest BCUT2D eigenvalue weighted by Crippen LogP contribution is 2.27. The summed E-state index contributed by atoms with van der Waals surface area (Å²) in [5, 5.41) is 34.8. The second kappa shape index (κ2) is 4.23. The minimum absolute atomic E-state index is 0.0108. The molecular weight excluding hydrogens is 262 g/mol. The number of fused-ring (bicyclic) bond motifs is 1. The first kappa shape index (κ1) is 12.0. The van der Waals surface area contributed by atoms with Gasteiger partial charge in [0.25, 0.3) is 5.69 Å². The zero-order chi connectivity index (χ0) is 14.3. The molecule has 0 aliphatic heterocycles. The highest BCUT2D eigenvalue weighted by molar-refractivity contribution is 5.81. The molecular formula is C13H9N3O4. The molecule has 20 heavy (non-hydrogen) atoms. The van der Waals surface area contributed by atoms with E-state index < -0.39 is 4.92 Å². The molecule has 3 aromatic rings. The van der Waals surface area contributed by atoms with Crippen molar-refractivity contribution < 1.29 is 15.1 Å². The van der Waals surface area contributed by atoms with Crippen LogP contribution in [0.25, 0.3) is 16.6 Å². The molecule has 0 aliphatic rings. The molecule has 7 heteroatoms. The van der Waals surface area contributed by atoms with E-state index >= 15 is 0 Å². The standard InChI is InChI=1S/C13H9N3O4/c17-10-3-4-13(18)12(6-10)15-7-8-1-2-9(16(19)20)5-11(8)14-15/h1-7,17-18H. The summed E-state index contributed by atoms with van der Waals surface area (Å²) in [6.07, 6.45) is 1.62. The van der Waals surface area contributed by atoms with E-state index in [0.29, 0.717) is 16.6 Å². The van der Waals surface area contributed by atoms with Crippen LogP contribution in [0.3, 0.4) is 0 Å². The Hall–Kier alpha value is -3.09. The van der Waals surface area contributed by atoms with E-state index in [0.717, 1.165) is 0 Å². The van der Waals surface area contributed by atoms with Crippen LogP contribution in [0.4, 0.5) is 5.69 Å². The number of nitrogens with zero attached hydrogens (tertiary/aromatic N) is 3. The van der Waals surface area contributed by atoms with E-state index in [9.17, 15) is 20.3 Å². The number of non-ortho nitro benzene ring substituents is 1. The van der Waals surface area contributed by atoms with Crippen LogP contribution < -0.4 is 0 Å². The fourth-order valence-corrected chi connectivity index (χ4v) is 1.94. The van der Waals surface area contributed by atoms with Crippen LogP contribution in [0, 0.1) is 10.1 Å². The number of hydrogen-bond acceptors (Lipinski definition) is 5. The van der Waals surface area contributed by atoms with Crippen LogP contribution in [-0.2, 0) is 0 Å². The molecule has 0 radical (unpaired) electrons. The summed E-state index contributed by atoms with van der Waals surface area (Å²) in [7, 11) is 0. The lowest BCUT2D eigenvalue weighted by Crippen LogP contribution is -1.94. The Bertz CT molecular complexity index is 826. The minimum Gasteiger partial charge on any atom is -0.508 e. The summed E-state index contributed by atoms with van der Waals surface area (Å²) < 4.78 is 1.36. The van der Waals surface area contributed by atoms with Crippen molar-refractivity contribution in [2.45, 2.75) is 0 Å². The van der Waals surface area contributed by atoms with Crippen molar-refractivity contribution in [1.82, 2.24) is 9.78 Å². The first-order chi connectivity index (χ1) is 9.54. The Kier molecular flexibility index (Phi) is 2.53.